The van der Waals surface area contributed by atoms with Gasteiger partial charge in [0.05, 0.1) is 27.0 Å². The van der Waals surface area contributed by atoms with Crippen molar-refractivity contribution in [2.45, 2.75) is 32.7 Å². The molecule has 0 amide bonds. The molecular weight excluding hydrogens is 368 g/mol. The van der Waals surface area contributed by atoms with Crippen LogP contribution in [-0.4, -0.2) is 60.0 Å². The summed E-state index contributed by atoms with van der Waals surface area (Å²) in [6.07, 6.45) is 1.92. The van der Waals surface area contributed by atoms with Gasteiger partial charge in [0.1, 0.15) is 0 Å². The van der Waals surface area contributed by atoms with Gasteiger partial charge in [0.2, 0.25) is 10.0 Å². The third-order valence-electron chi connectivity index (χ3n) is 3.59. The number of nitrogens with one attached hydrogen (secondary N) is 3. The molecule has 0 radical (unpaired) electrons. The summed E-state index contributed by atoms with van der Waals surface area (Å²) in [5.41, 5.74) is 0.439. The van der Waals surface area contributed by atoms with Crippen LogP contribution in [0.25, 0.3) is 0 Å². The molecule has 1 rings (SSSR count). The average Bonchev–Trinajstić information content (AvgIpc) is 2.57. The lowest BCUT2D eigenvalue weighted by Gasteiger charge is -2.23. The molecule has 0 fully saturated rings. The molecule has 0 aliphatic heterocycles. The van der Waals surface area contributed by atoms with Crippen molar-refractivity contribution in [3.8, 4) is 11.5 Å². The number of rotatable bonds is 10. The van der Waals surface area contributed by atoms with E-state index in [1.165, 1.54) is 0 Å². The average molecular weight is 401 g/mol. The topological polar surface area (TPSA) is 101 Å². The molecule has 9 heteroatoms. The Balaban J connectivity index is 2.67. The van der Waals surface area contributed by atoms with Crippen molar-refractivity contribution in [2.75, 3.05) is 40.1 Å². The van der Waals surface area contributed by atoms with Crippen LogP contribution in [0.1, 0.15) is 26.3 Å². The fourth-order valence-electron chi connectivity index (χ4n) is 2.51. The van der Waals surface area contributed by atoms with Gasteiger partial charge in [-0.25, -0.2) is 13.1 Å². The normalized spacial score (nSPS) is 12.6. The first-order chi connectivity index (χ1) is 12.6. The smallest absolute Gasteiger partial charge is 0.209 e. The van der Waals surface area contributed by atoms with Crippen molar-refractivity contribution >= 4 is 16.0 Å². The molecule has 0 spiro atoms. The van der Waals surface area contributed by atoms with Gasteiger partial charge in [0.15, 0.2) is 17.5 Å². The van der Waals surface area contributed by atoms with Crippen LogP contribution in [0.4, 0.5) is 0 Å². The summed E-state index contributed by atoms with van der Waals surface area (Å²) >= 11 is 0. The van der Waals surface area contributed by atoms with Crippen LogP contribution in [-0.2, 0) is 16.4 Å². The second kappa shape index (κ2) is 10.4. The highest BCUT2D eigenvalue weighted by Crippen LogP contribution is 2.27. The molecule has 0 saturated carbocycles. The minimum absolute atomic E-state index is 0.311. The van der Waals surface area contributed by atoms with E-state index in [1.54, 1.807) is 28.1 Å². The van der Waals surface area contributed by atoms with Crippen LogP contribution in [0, 0.1) is 0 Å². The largest absolute Gasteiger partial charge is 0.493 e. The number of benzene rings is 1. The standard InChI is InChI=1S/C18H32N4O4S/c1-7-19-17(21-13-18(2,3)22-27(6,23)24)20-11-10-14-8-9-15(25-4)16(12-14)26-5/h8-9,12,22H,7,10-11,13H2,1-6H3,(H2,19,20,21). The minimum atomic E-state index is -3.29. The Morgan fingerprint density at radius 2 is 1.81 bits per heavy atom. The maximum atomic E-state index is 11.4. The number of hydrogen-bond donors (Lipinski definition) is 3. The first-order valence-electron chi connectivity index (χ1n) is 8.82. The first-order valence-corrected chi connectivity index (χ1v) is 10.7. The number of aliphatic imine (C=N–C) groups is 1. The van der Waals surface area contributed by atoms with E-state index < -0.39 is 15.6 Å². The van der Waals surface area contributed by atoms with Gasteiger partial charge in [-0.15, -0.1) is 0 Å². The van der Waals surface area contributed by atoms with E-state index in [9.17, 15) is 8.42 Å². The van der Waals surface area contributed by atoms with E-state index in [1.807, 2.05) is 25.1 Å². The Hall–Kier alpha value is -2.00. The van der Waals surface area contributed by atoms with Crippen molar-refractivity contribution < 1.29 is 17.9 Å². The van der Waals surface area contributed by atoms with Gasteiger partial charge >= 0.3 is 0 Å². The lowest BCUT2D eigenvalue weighted by atomic mass is 10.1. The van der Waals surface area contributed by atoms with E-state index in [4.69, 9.17) is 9.47 Å². The summed E-state index contributed by atoms with van der Waals surface area (Å²) < 4.78 is 36.0. The highest BCUT2D eigenvalue weighted by Gasteiger charge is 2.21. The second-order valence-corrected chi connectivity index (χ2v) is 8.57. The van der Waals surface area contributed by atoms with Crippen LogP contribution in [0.3, 0.4) is 0 Å². The van der Waals surface area contributed by atoms with Gasteiger partial charge in [-0.05, 0) is 44.9 Å². The second-order valence-electron chi connectivity index (χ2n) is 6.82. The SMILES string of the molecule is CCNC(=NCC(C)(C)NS(C)(=O)=O)NCCc1ccc(OC)c(OC)c1. The highest BCUT2D eigenvalue weighted by molar-refractivity contribution is 7.88. The van der Waals surface area contributed by atoms with Gasteiger partial charge < -0.3 is 20.1 Å². The number of nitrogens with zero attached hydrogens (tertiary/aromatic N) is 1. The summed E-state index contributed by atoms with van der Waals surface area (Å²) in [6, 6.07) is 5.82. The van der Waals surface area contributed by atoms with Crippen LogP contribution < -0.4 is 24.8 Å². The fraction of sp³-hybridized carbons (Fsp3) is 0.611. The first kappa shape index (κ1) is 23.0. The maximum absolute atomic E-state index is 11.4. The van der Waals surface area contributed by atoms with Crippen LogP contribution in [0.5, 0.6) is 11.5 Å². The summed E-state index contributed by atoms with van der Waals surface area (Å²) in [7, 11) is -0.0669. The van der Waals surface area contributed by atoms with Crippen molar-refractivity contribution in [3.63, 3.8) is 0 Å². The van der Waals surface area contributed by atoms with Gasteiger partial charge in [0.25, 0.3) is 0 Å². The van der Waals surface area contributed by atoms with E-state index in [2.05, 4.69) is 20.3 Å². The van der Waals surface area contributed by atoms with E-state index >= 15 is 0 Å². The Labute approximate surface area is 162 Å². The Bertz CT molecular complexity index is 733. The molecule has 0 unspecified atom stereocenters. The van der Waals surface area contributed by atoms with Crippen LogP contribution >= 0.6 is 0 Å². The third kappa shape index (κ3) is 8.96. The van der Waals surface area contributed by atoms with Crippen LogP contribution in [0.2, 0.25) is 0 Å². The monoisotopic (exact) mass is 400 g/mol. The molecule has 0 atom stereocenters. The molecule has 1 aromatic carbocycles. The van der Waals surface area contributed by atoms with E-state index in [0.29, 0.717) is 37.1 Å². The lowest BCUT2D eigenvalue weighted by Crippen LogP contribution is -2.47. The summed E-state index contributed by atoms with van der Waals surface area (Å²) in [5, 5.41) is 6.42. The third-order valence-corrected chi connectivity index (χ3v) is 4.52. The molecule has 0 aromatic heterocycles. The Morgan fingerprint density at radius 3 is 2.37 bits per heavy atom. The number of ether oxygens (including phenoxy) is 2. The van der Waals surface area contributed by atoms with Crippen LogP contribution in [0.15, 0.2) is 23.2 Å². The van der Waals surface area contributed by atoms with Crippen molar-refractivity contribution in [3.05, 3.63) is 23.8 Å². The predicted octanol–water partition coefficient (Wildman–Crippen LogP) is 1.13. The summed E-state index contributed by atoms with van der Waals surface area (Å²) in [5.74, 6) is 2.04. The summed E-state index contributed by atoms with van der Waals surface area (Å²) in [6.45, 7) is 7.26. The minimum Gasteiger partial charge on any atom is -0.493 e. The number of sulfonamides is 1. The van der Waals surface area contributed by atoms with Gasteiger partial charge in [0, 0.05) is 18.6 Å². The molecule has 3 N–H and O–H groups in total. The van der Waals surface area contributed by atoms with Gasteiger partial charge in [-0.3, -0.25) is 4.99 Å². The Kier molecular flexibility index (Phi) is 8.84. The quantitative estimate of drug-likeness (QED) is 0.402. The Morgan fingerprint density at radius 1 is 1.15 bits per heavy atom. The molecule has 0 saturated heterocycles. The number of guanidine groups is 1. The number of hydrogen-bond acceptors (Lipinski definition) is 5. The molecule has 0 aliphatic rings. The molecule has 27 heavy (non-hydrogen) atoms. The van der Waals surface area contributed by atoms with E-state index in [-0.39, 0.29) is 0 Å². The van der Waals surface area contributed by atoms with Crippen molar-refractivity contribution in [1.29, 1.82) is 0 Å². The maximum Gasteiger partial charge on any atom is 0.209 e. The fourth-order valence-corrected chi connectivity index (χ4v) is 3.58. The molecule has 1 aromatic rings. The lowest BCUT2D eigenvalue weighted by molar-refractivity contribution is 0.354. The molecule has 0 heterocycles. The molecule has 154 valence electrons. The van der Waals surface area contributed by atoms with Gasteiger partial charge in [-0.2, -0.15) is 0 Å². The molecular formula is C18H32N4O4S. The molecule has 8 nitrogen and oxygen atoms in total. The predicted molar refractivity (Wildman–Crippen MR) is 109 cm³/mol. The number of methoxy groups -OCH3 is 2. The molecule has 0 bridgehead atoms. The van der Waals surface area contributed by atoms with Crippen molar-refractivity contribution in [2.24, 2.45) is 4.99 Å². The zero-order chi connectivity index (χ0) is 20.5. The zero-order valence-corrected chi connectivity index (χ0v) is 17.9. The zero-order valence-electron chi connectivity index (χ0n) is 17.0. The van der Waals surface area contributed by atoms with Crippen molar-refractivity contribution in [1.82, 2.24) is 15.4 Å². The molecule has 0 aliphatic carbocycles. The van der Waals surface area contributed by atoms with Gasteiger partial charge in [-0.1, -0.05) is 6.07 Å². The highest BCUT2D eigenvalue weighted by atomic mass is 32.2. The van der Waals surface area contributed by atoms with E-state index in [0.717, 1.165) is 18.2 Å². The summed E-state index contributed by atoms with van der Waals surface area (Å²) in [4.78, 5) is 4.48.